The van der Waals surface area contributed by atoms with Crippen LogP contribution in [-0.2, 0) is 4.79 Å². The minimum Gasteiger partial charge on any atom is -0.483 e. The molecule has 0 fully saturated rings. The molecule has 0 aliphatic rings. The Morgan fingerprint density at radius 3 is 2.33 bits per heavy atom. The van der Waals surface area contributed by atoms with Crippen LogP contribution in [0.2, 0.25) is 0 Å². The number of hydrogen-bond donors (Lipinski definition) is 2. The van der Waals surface area contributed by atoms with E-state index in [4.69, 9.17) is 9.90 Å². The predicted molar refractivity (Wildman–Crippen MR) is 44.6 cm³/mol. The van der Waals surface area contributed by atoms with Gasteiger partial charge in [0.25, 0.3) is 6.47 Å². The number of para-hydroxylation sites is 1. The zero-order chi connectivity index (χ0) is 9.40. The fourth-order valence-corrected chi connectivity index (χ4v) is 0.664. The molecular formula is C8H10FNO2. The molecule has 0 amide bonds. The number of halogens is 1. The largest absolute Gasteiger partial charge is 0.483 e. The van der Waals surface area contributed by atoms with Crippen LogP contribution in [0.25, 0.3) is 0 Å². The molecule has 12 heavy (non-hydrogen) atoms. The van der Waals surface area contributed by atoms with Crippen LogP contribution in [-0.4, -0.2) is 18.6 Å². The van der Waals surface area contributed by atoms with E-state index in [1.54, 1.807) is 25.2 Å². The second kappa shape index (κ2) is 6.15. The lowest BCUT2D eigenvalue weighted by Gasteiger charge is -1.97. The van der Waals surface area contributed by atoms with Gasteiger partial charge in [-0.2, -0.15) is 0 Å². The Morgan fingerprint density at radius 2 is 2.00 bits per heavy atom. The van der Waals surface area contributed by atoms with E-state index < -0.39 is 0 Å². The Balaban J connectivity index is 0.000000354. The van der Waals surface area contributed by atoms with Gasteiger partial charge in [-0.1, -0.05) is 12.1 Å². The minimum atomic E-state index is -0.250. The van der Waals surface area contributed by atoms with Crippen molar-refractivity contribution < 1.29 is 14.3 Å². The third kappa shape index (κ3) is 3.55. The van der Waals surface area contributed by atoms with Crippen molar-refractivity contribution in [1.29, 1.82) is 0 Å². The van der Waals surface area contributed by atoms with Gasteiger partial charge in [0, 0.05) is 7.05 Å². The molecule has 66 valence electrons. The summed E-state index contributed by atoms with van der Waals surface area (Å²) in [6.45, 7) is -0.250. The molecule has 1 aromatic rings. The van der Waals surface area contributed by atoms with Gasteiger partial charge in [0.15, 0.2) is 0 Å². The third-order valence-corrected chi connectivity index (χ3v) is 1.14. The summed E-state index contributed by atoms with van der Waals surface area (Å²) in [5.74, 6) is -0.208. The lowest BCUT2D eigenvalue weighted by Crippen LogP contribution is -1.90. The topological polar surface area (TPSA) is 49.3 Å². The van der Waals surface area contributed by atoms with Crippen molar-refractivity contribution in [3.8, 4) is 0 Å². The molecule has 0 spiro atoms. The van der Waals surface area contributed by atoms with E-state index in [2.05, 4.69) is 5.32 Å². The van der Waals surface area contributed by atoms with Gasteiger partial charge in [-0.15, -0.1) is 0 Å². The van der Waals surface area contributed by atoms with Gasteiger partial charge >= 0.3 is 0 Å². The molecule has 0 aromatic heterocycles. The highest BCUT2D eigenvalue weighted by atomic mass is 19.1. The standard InChI is InChI=1S/C7H8FN.CH2O2/c1-9-7-5-3-2-4-6(7)8;2-1-3/h2-5,9H,1H3;1H,(H,2,3). The number of rotatable bonds is 1. The summed E-state index contributed by atoms with van der Waals surface area (Å²) in [5, 5.41) is 9.61. The molecule has 1 aromatic carbocycles. The second-order valence-electron chi connectivity index (χ2n) is 1.84. The van der Waals surface area contributed by atoms with E-state index in [1.807, 2.05) is 0 Å². The summed E-state index contributed by atoms with van der Waals surface area (Å²) in [6, 6.07) is 6.56. The van der Waals surface area contributed by atoms with Crippen LogP contribution < -0.4 is 5.32 Å². The molecule has 0 aliphatic carbocycles. The first kappa shape index (κ1) is 10.4. The summed E-state index contributed by atoms with van der Waals surface area (Å²) in [6.07, 6.45) is 0. The maximum Gasteiger partial charge on any atom is 0.290 e. The molecule has 0 radical (unpaired) electrons. The highest BCUT2D eigenvalue weighted by Gasteiger charge is 1.93. The van der Waals surface area contributed by atoms with Crippen molar-refractivity contribution in [1.82, 2.24) is 0 Å². The van der Waals surface area contributed by atoms with Gasteiger partial charge in [-0.25, -0.2) is 4.39 Å². The lowest BCUT2D eigenvalue weighted by atomic mass is 10.3. The Morgan fingerprint density at radius 1 is 1.50 bits per heavy atom. The highest BCUT2D eigenvalue weighted by molar-refractivity contribution is 5.43. The van der Waals surface area contributed by atoms with E-state index >= 15 is 0 Å². The molecule has 0 bridgehead atoms. The SMILES string of the molecule is CNc1ccccc1F.O=CO. The number of nitrogens with one attached hydrogen (secondary N) is 1. The van der Waals surface area contributed by atoms with Crippen molar-refractivity contribution in [2.24, 2.45) is 0 Å². The van der Waals surface area contributed by atoms with E-state index in [0.717, 1.165) is 0 Å². The summed E-state index contributed by atoms with van der Waals surface area (Å²) in [7, 11) is 1.69. The van der Waals surface area contributed by atoms with Crippen LogP contribution in [0.4, 0.5) is 10.1 Å². The van der Waals surface area contributed by atoms with Gasteiger partial charge < -0.3 is 10.4 Å². The number of anilines is 1. The fourth-order valence-electron chi connectivity index (χ4n) is 0.664. The van der Waals surface area contributed by atoms with Gasteiger partial charge in [0.1, 0.15) is 5.82 Å². The van der Waals surface area contributed by atoms with Crippen LogP contribution in [0.3, 0.4) is 0 Å². The van der Waals surface area contributed by atoms with Crippen molar-refractivity contribution in [3.63, 3.8) is 0 Å². The van der Waals surface area contributed by atoms with E-state index in [-0.39, 0.29) is 12.3 Å². The second-order valence-corrected chi connectivity index (χ2v) is 1.84. The maximum absolute atomic E-state index is 12.5. The van der Waals surface area contributed by atoms with Gasteiger partial charge in [0.05, 0.1) is 5.69 Å². The summed E-state index contributed by atoms with van der Waals surface area (Å²) in [5.41, 5.74) is 0.539. The van der Waals surface area contributed by atoms with Gasteiger partial charge in [-0.05, 0) is 12.1 Å². The third-order valence-electron chi connectivity index (χ3n) is 1.14. The highest BCUT2D eigenvalue weighted by Crippen LogP contribution is 2.10. The number of benzene rings is 1. The molecule has 0 atom stereocenters. The van der Waals surface area contributed by atoms with Crippen molar-refractivity contribution in [3.05, 3.63) is 30.1 Å². The van der Waals surface area contributed by atoms with Crippen LogP contribution in [0.15, 0.2) is 24.3 Å². The molecule has 4 heteroatoms. The lowest BCUT2D eigenvalue weighted by molar-refractivity contribution is -0.122. The molecule has 0 saturated carbocycles. The van der Waals surface area contributed by atoms with Crippen LogP contribution in [0.5, 0.6) is 0 Å². The number of carbonyl (C=O) groups is 1. The van der Waals surface area contributed by atoms with Crippen molar-refractivity contribution in [2.75, 3.05) is 12.4 Å². The summed E-state index contributed by atoms with van der Waals surface area (Å²) >= 11 is 0. The van der Waals surface area contributed by atoms with E-state index in [9.17, 15) is 4.39 Å². The molecule has 3 nitrogen and oxygen atoms in total. The molecule has 0 saturated heterocycles. The number of carboxylic acid groups (broad SMARTS) is 1. The average molecular weight is 171 g/mol. The summed E-state index contributed by atoms with van der Waals surface area (Å²) < 4.78 is 12.5. The van der Waals surface area contributed by atoms with Crippen molar-refractivity contribution in [2.45, 2.75) is 0 Å². The fraction of sp³-hybridized carbons (Fsp3) is 0.125. The minimum absolute atomic E-state index is 0.208. The molecular weight excluding hydrogens is 161 g/mol. The Bertz CT molecular complexity index is 240. The quantitative estimate of drug-likeness (QED) is 0.630. The van der Waals surface area contributed by atoms with Crippen LogP contribution in [0, 0.1) is 5.82 Å². The average Bonchev–Trinajstić information content (AvgIpc) is 2.07. The van der Waals surface area contributed by atoms with Crippen LogP contribution >= 0.6 is 0 Å². The first-order chi connectivity index (χ1) is 5.76. The van der Waals surface area contributed by atoms with E-state index in [1.165, 1.54) is 6.07 Å². The van der Waals surface area contributed by atoms with Crippen LogP contribution in [0.1, 0.15) is 0 Å². The maximum atomic E-state index is 12.5. The zero-order valence-corrected chi connectivity index (χ0v) is 6.62. The zero-order valence-electron chi connectivity index (χ0n) is 6.62. The smallest absolute Gasteiger partial charge is 0.290 e. The summed E-state index contributed by atoms with van der Waals surface area (Å²) in [4.78, 5) is 8.36. The molecule has 0 aliphatic heterocycles. The Labute approximate surface area is 69.8 Å². The monoisotopic (exact) mass is 171 g/mol. The molecule has 0 heterocycles. The van der Waals surface area contributed by atoms with E-state index in [0.29, 0.717) is 5.69 Å². The Kier molecular flexibility index (Phi) is 5.34. The first-order valence-electron chi connectivity index (χ1n) is 3.26. The van der Waals surface area contributed by atoms with Gasteiger partial charge in [-0.3, -0.25) is 4.79 Å². The molecule has 2 N–H and O–H groups in total. The van der Waals surface area contributed by atoms with Gasteiger partial charge in [0.2, 0.25) is 0 Å². The number of hydrogen-bond acceptors (Lipinski definition) is 2. The normalized spacial score (nSPS) is 7.83. The van der Waals surface area contributed by atoms with Crippen molar-refractivity contribution >= 4 is 12.2 Å². The molecule has 0 unspecified atom stereocenters. The Hall–Kier alpha value is -1.58. The predicted octanol–water partition coefficient (Wildman–Crippen LogP) is 1.57. The first-order valence-corrected chi connectivity index (χ1v) is 3.26. The molecule has 1 rings (SSSR count).